The molecule has 0 unspecified atom stereocenters. The van der Waals surface area contributed by atoms with Gasteiger partial charge in [0.2, 0.25) is 0 Å². The fraction of sp³-hybridized carbons (Fsp3) is 0.412. The Kier molecular flexibility index (Phi) is 3.53. The van der Waals surface area contributed by atoms with Gasteiger partial charge in [-0.2, -0.15) is 0 Å². The molecule has 4 nitrogen and oxygen atoms in total. The highest BCUT2D eigenvalue weighted by Crippen LogP contribution is 2.24. The molecule has 1 aromatic heterocycles. The van der Waals surface area contributed by atoms with Crippen LogP contribution in [0.2, 0.25) is 0 Å². The van der Waals surface area contributed by atoms with Crippen LogP contribution in [0.4, 0.5) is 0 Å². The molecule has 0 aliphatic heterocycles. The van der Waals surface area contributed by atoms with Crippen molar-refractivity contribution < 1.29 is 9.90 Å². The number of hydrogen-bond donors (Lipinski definition) is 1. The Hall–Kier alpha value is -2.10. The maximum atomic E-state index is 11.0. The number of hydrogen-bond acceptors (Lipinski definition) is 2. The highest BCUT2D eigenvalue weighted by Gasteiger charge is 2.18. The summed E-state index contributed by atoms with van der Waals surface area (Å²) in [4.78, 5) is 15.7. The molecule has 0 spiro atoms. The molecule has 1 aliphatic carbocycles. The van der Waals surface area contributed by atoms with Crippen LogP contribution in [-0.2, 0) is 19.4 Å². The molecule has 1 N–H and O–H groups in total. The van der Waals surface area contributed by atoms with Crippen molar-refractivity contribution in [2.75, 3.05) is 0 Å². The average molecular weight is 284 g/mol. The van der Waals surface area contributed by atoms with E-state index in [-0.39, 0.29) is 0 Å². The molecule has 0 amide bonds. The molecule has 0 fully saturated rings. The van der Waals surface area contributed by atoms with Crippen LogP contribution < -0.4 is 0 Å². The van der Waals surface area contributed by atoms with Crippen LogP contribution in [0.1, 0.15) is 51.5 Å². The molecule has 2 aromatic rings. The second-order valence-electron chi connectivity index (χ2n) is 5.79. The van der Waals surface area contributed by atoms with E-state index in [2.05, 4.69) is 11.5 Å². The SMILES string of the molecule is Cc1cc(C(=O)O)ccc1Cn1c(C)nc2c1CCCC2. The third-order valence-electron chi connectivity index (χ3n) is 4.34. The normalized spacial score (nSPS) is 14.0. The maximum Gasteiger partial charge on any atom is 0.335 e. The molecule has 0 radical (unpaired) electrons. The fourth-order valence-corrected chi connectivity index (χ4v) is 3.12. The van der Waals surface area contributed by atoms with Gasteiger partial charge in [-0.3, -0.25) is 0 Å². The summed E-state index contributed by atoms with van der Waals surface area (Å²) in [5.41, 5.74) is 5.14. The number of carboxylic acid groups (broad SMARTS) is 1. The Balaban J connectivity index is 1.94. The molecule has 3 rings (SSSR count). The minimum atomic E-state index is -0.874. The first kappa shape index (κ1) is 13.9. The van der Waals surface area contributed by atoms with Crippen LogP contribution in [0.3, 0.4) is 0 Å². The van der Waals surface area contributed by atoms with Gasteiger partial charge >= 0.3 is 5.97 Å². The highest BCUT2D eigenvalue weighted by molar-refractivity contribution is 5.87. The van der Waals surface area contributed by atoms with E-state index in [0.29, 0.717) is 5.56 Å². The first-order valence-corrected chi connectivity index (χ1v) is 7.44. The van der Waals surface area contributed by atoms with Crippen LogP contribution in [0.15, 0.2) is 18.2 Å². The minimum Gasteiger partial charge on any atom is -0.478 e. The van der Waals surface area contributed by atoms with Crippen LogP contribution in [-0.4, -0.2) is 20.6 Å². The van der Waals surface area contributed by atoms with Gasteiger partial charge < -0.3 is 9.67 Å². The molecule has 4 heteroatoms. The molecule has 110 valence electrons. The zero-order chi connectivity index (χ0) is 15.0. The largest absolute Gasteiger partial charge is 0.478 e. The summed E-state index contributed by atoms with van der Waals surface area (Å²) in [6.07, 6.45) is 4.65. The smallest absolute Gasteiger partial charge is 0.335 e. The van der Waals surface area contributed by atoms with E-state index in [1.54, 1.807) is 12.1 Å². The van der Waals surface area contributed by atoms with E-state index in [1.165, 1.54) is 24.2 Å². The second kappa shape index (κ2) is 5.35. The molecule has 1 aliphatic rings. The average Bonchev–Trinajstić information content (AvgIpc) is 2.77. The Labute approximate surface area is 124 Å². The Morgan fingerprint density at radius 3 is 2.76 bits per heavy atom. The van der Waals surface area contributed by atoms with Gasteiger partial charge in [-0.05, 0) is 62.8 Å². The van der Waals surface area contributed by atoms with Crippen molar-refractivity contribution in [1.82, 2.24) is 9.55 Å². The number of benzene rings is 1. The van der Waals surface area contributed by atoms with E-state index in [1.807, 2.05) is 13.0 Å². The van der Waals surface area contributed by atoms with Gasteiger partial charge in [0.05, 0.1) is 11.3 Å². The highest BCUT2D eigenvalue weighted by atomic mass is 16.4. The quantitative estimate of drug-likeness (QED) is 0.942. The van der Waals surface area contributed by atoms with Crippen LogP contribution in [0, 0.1) is 13.8 Å². The predicted molar refractivity (Wildman–Crippen MR) is 80.8 cm³/mol. The summed E-state index contributed by atoms with van der Waals surface area (Å²) in [5.74, 6) is 0.185. The summed E-state index contributed by atoms with van der Waals surface area (Å²) in [7, 11) is 0. The number of rotatable bonds is 3. The Morgan fingerprint density at radius 2 is 2.05 bits per heavy atom. The third kappa shape index (κ3) is 2.58. The summed E-state index contributed by atoms with van der Waals surface area (Å²) in [6.45, 7) is 4.81. The minimum absolute atomic E-state index is 0.348. The van der Waals surface area contributed by atoms with Crippen LogP contribution in [0.25, 0.3) is 0 Å². The summed E-state index contributed by atoms with van der Waals surface area (Å²) < 4.78 is 2.29. The van der Waals surface area contributed by atoms with E-state index < -0.39 is 5.97 Å². The van der Waals surface area contributed by atoms with Crippen molar-refractivity contribution in [3.05, 3.63) is 52.1 Å². The predicted octanol–water partition coefficient (Wildman–Crippen LogP) is 3.13. The Bertz CT molecular complexity index is 701. The lowest BCUT2D eigenvalue weighted by molar-refractivity contribution is 0.0697. The number of aromatic carboxylic acids is 1. The van der Waals surface area contributed by atoms with Gasteiger partial charge in [0.1, 0.15) is 5.82 Å². The number of carboxylic acids is 1. The van der Waals surface area contributed by atoms with Crippen LogP contribution in [0.5, 0.6) is 0 Å². The van der Waals surface area contributed by atoms with E-state index in [4.69, 9.17) is 10.1 Å². The van der Waals surface area contributed by atoms with Crippen molar-refractivity contribution in [2.24, 2.45) is 0 Å². The zero-order valence-corrected chi connectivity index (χ0v) is 12.5. The molecule has 0 saturated carbocycles. The third-order valence-corrected chi connectivity index (χ3v) is 4.34. The number of fused-ring (bicyclic) bond motifs is 1. The molecule has 1 aromatic carbocycles. The van der Waals surface area contributed by atoms with Gasteiger partial charge in [-0.15, -0.1) is 0 Å². The van der Waals surface area contributed by atoms with Crippen molar-refractivity contribution in [3.63, 3.8) is 0 Å². The molecule has 21 heavy (non-hydrogen) atoms. The summed E-state index contributed by atoms with van der Waals surface area (Å²) in [5, 5.41) is 9.04. The van der Waals surface area contributed by atoms with Gasteiger partial charge in [-0.25, -0.2) is 9.78 Å². The maximum absolute atomic E-state index is 11.0. The van der Waals surface area contributed by atoms with E-state index >= 15 is 0 Å². The van der Waals surface area contributed by atoms with E-state index in [9.17, 15) is 4.79 Å². The molecule has 0 saturated heterocycles. The van der Waals surface area contributed by atoms with E-state index in [0.717, 1.165) is 36.3 Å². The van der Waals surface area contributed by atoms with Gasteiger partial charge in [0, 0.05) is 12.2 Å². The topological polar surface area (TPSA) is 55.1 Å². The number of imidazole rings is 1. The second-order valence-corrected chi connectivity index (χ2v) is 5.79. The van der Waals surface area contributed by atoms with Gasteiger partial charge in [0.25, 0.3) is 0 Å². The monoisotopic (exact) mass is 284 g/mol. The lowest BCUT2D eigenvalue weighted by Gasteiger charge is -2.16. The van der Waals surface area contributed by atoms with Crippen molar-refractivity contribution in [2.45, 2.75) is 46.1 Å². The first-order valence-electron chi connectivity index (χ1n) is 7.44. The van der Waals surface area contributed by atoms with Crippen LogP contribution >= 0.6 is 0 Å². The number of carbonyl (C=O) groups is 1. The fourth-order valence-electron chi connectivity index (χ4n) is 3.12. The lowest BCUT2D eigenvalue weighted by atomic mass is 10.0. The first-order chi connectivity index (χ1) is 10.1. The van der Waals surface area contributed by atoms with Crippen molar-refractivity contribution in [1.29, 1.82) is 0 Å². The molecule has 0 bridgehead atoms. The van der Waals surface area contributed by atoms with Gasteiger partial charge in [0.15, 0.2) is 0 Å². The van der Waals surface area contributed by atoms with Crippen molar-refractivity contribution >= 4 is 5.97 Å². The summed E-state index contributed by atoms with van der Waals surface area (Å²) >= 11 is 0. The zero-order valence-electron chi connectivity index (χ0n) is 12.5. The number of aromatic nitrogens is 2. The molecule has 0 atom stereocenters. The molecule has 1 heterocycles. The summed E-state index contributed by atoms with van der Waals surface area (Å²) in [6, 6.07) is 5.35. The standard InChI is InChI=1S/C17H20N2O2/c1-11-9-13(17(20)21)7-8-14(11)10-19-12(2)18-15-5-3-4-6-16(15)19/h7-9H,3-6,10H2,1-2H3,(H,20,21). The lowest BCUT2D eigenvalue weighted by Crippen LogP contribution is -2.11. The van der Waals surface area contributed by atoms with Gasteiger partial charge in [-0.1, -0.05) is 6.07 Å². The molecular weight excluding hydrogens is 264 g/mol. The van der Waals surface area contributed by atoms with Crippen molar-refractivity contribution in [3.8, 4) is 0 Å². The molecular formula is C17H20N2O2. The Morgan fingerprint density at radius 1 is 1.29 bits per heavy atom. The number of nitrogens with zero attached hydrogens (tertiary/aromatic N) is 2. The number of aryl methyl sites for hydroxylation is 3.